The van der Waals surface area contributed by atoms with Gasteiger partial charge in [-0.15, -0.1) is 24.0 Å². The number of nitrogens with one attached hydrogen (secondary N) is 3. The highest BCUT2D eigenvalue weighted by Gasteiger charge is 2.08. The molecule has 0 bridgehead atoms. The van der Waals surface area contributed by atoms with Gasteiger partial charge in [-0.1, -0.05) is 44.2 Å². The zero-order valence-corrected chi connectivity index (χ0v) is 20.7. The third-order valence-electron chi connectivity index (χ3n) is 4.41. The summed E-state index contributed by atoms with van der Waals surface area (Å²) in [5, 5.41) is 9.47. The van der Waals surface area contributed by atoms with E-state index in [9.17, 15) is 4.79 Å². The Hall–Kier alpha value is -2.29. The highest BCUT2D eigenvalue weighted by Crippen LogP contribution is 2.17. The quantitative estimate of drug-likeness (QED) is 0.273. The molecule has 2 rings (SSSR count). The molecule has 6 nitrogen and oxygen atoms in total. The summed E-state index contributed by atoms with van der Waals surface area (Å²) in [6.45, 7) is 9.07. The standard InChI is InChI=1S/C23H32N4O2.HI/c1-16(2)22(28)27-20-12-10-19(11-13-20)15-26-23(24-5)25-14-18(4)29-21-9-7-6-8-17(21)3;/h6-13,16,18H,14-15H2,1-5H3,(H,27,28)(H2,24,25,26);1H. The number of ether oxygens (including phenoxy) is 1. The maximum Gasteiger partial charge on any atom is 0.226 e. The number of aryl methyl sites for hydroxylation is 1. The summed E-state index contributed by atoms with van der Waals surface area (Å²) in [5.41, 5.74) is 3.02. The monoisotopic (exact) mass is 524 g/mol. The highest BCUT2D eigenvalue weighted by atomic mass is 127. The molecule has 0 radical (unpaired) electrons. The van der Waals surface area contributed by atoms with Gasteiger partial charge in [-0.05, 0) is 43.2 Å². The second-order valence-corrected chi connectivity index (χ2v) is 7.34. The van der Waals surface area contributed by atoms with Gasteiger partial charge in [0, 0.05) is 25.2 Å². The van der Waals surface area contributed by atoms with Crippen LogP contribution in [0.3, 0.4) is 0 Å². The van der Waals surface area contributed by atoms with Crippen LogP contribution in [-0.2, 0) is 11.3 Å². The first-order valence-corrected chi connectivity index (χ1v) is 9.95. The Morgan fingerprint density at radius 3 is 2.30 bits per heavy atom. The van der Waals surface area contributed by atoms with Crippen molar-refractivity contribution in [2.75, 3.05) is 18.9 Å². The minimum Gasteiger partial charge on any atom is -0.489 e. The number of hydrogen-bond acceptors (Lipinski definition) is 3. The largest absolute Gasteiger partial charge is 0.489 e. The zero-order chi connectivity index (χ0) is 21.2. The van der Waals surface area contributed by atoms with Crippen molar-refractivity contribution < 1.29 is 9.53 Å². The minimum atomic E-state index is -0.0390. The summed E-state index contributed by atoms with van der Waals surface area (Å²) < 4.78 is 5.98. The summed E-state index contributed by atoms with van der Waals surface area (Å²) >= 11 is 0. The first kappa shape index (κ1) is 25.7. The highest BCUT2D eigenvalue weighted by molar-refractivity contribution is 14.0. The van der Waals surface area contributed by atoms with Crippen molar-refractivity contribution in [3.63, 3.8) is 0 Å². The second-order valence-electron chi connectivity index (χ2n) is 7.34. The van der Waals surface area contributed by atoms with Crippen LogP contribution in [0, 0.1) is 12.8 Å². The van der Waals surface area contributed by atoms with Crippen LogP contribution in [0.25, 0.3) is 0 Å². The predicted molar refractivity (Wildman–Crippen MR) is 135 cm³/mol. The average molecular weight is 524 g/mol. The number of halogens is 1. The Morgan fingerprint density at radius 2 is 1.70 bits per heavy atom. The predicted octanol–water partition coefficient (Wildman–Crippen LogP) is 4.34. The number of carbonyl (C=O) groups excluding carboxylic acids is 1. The van der Waals surface area contributed by atoms with Gasteiger partial charge in [-0.25, -0.2) is 0 Å². The van der Waals surface area contributed by atoms with Crippen molar-refractivity contribution in [3.8, 4) is 5.75 Å². The van der Waals surface area contributed by atoms with Gasteiger partial charge in [0.25, 0.3) is 0 Å². The normalized spacial score (nSPS) is 12.0. The number of guanidine groups is 1. The second kappa shape index (κ2) is 13.1. The van der Waals surface area contributed by atoms with Crippen molar-refractivity contribution in [2.24, 2.45) is 10.9 Å². The Balaban J connectivity index is 0.00000450. The van der Waals surface area contributed by atoms with E-state index in [1.807, 2.05) is 76.2 Å². The molecule has 1 atom stereocenters. The Morgan fingerprint density at radius 1 is 1.03 bits per heavy atom. The molecule has 7 heteroatoms. The number of hydrogen-bond donors (Lipinski definition) is 3. The lowest BCUT2D eigenvalue weighted by Gasteiger charge is -2.19. The van der Waals surface area contributed by atoms with Crippen LogP contribution < -0.4 is 20.7 Å². The fraction of sp³-hybridized carbons (Fsp3) is 0.391. The molecule has 1 unspecified atom stereocenters. The number of carbonyl (C=O) groups is 1. The van der Waals surface area contributed by atoms with Gasteiger partial charge in [-0.2, -0.15) is 0 Å². The molecule has 0 saturated carbocycles. The molecule has 0 aliphatic rings. The molecule has 2 aromatic carbocycles. The number of para-hydroxylation sites is 1. The molecule has 0 aliphatic heterocycles. The van der Waals surface area contributed by atoms with Gasteiger partial charge in [0.15, 0.2) is 5.96 Å². The van der Waals surface area contributed by atoms with Gasteiger partial charge >= 0.3 is 0 Å². The third kappa shape index (κ3) is 8.61. The summed E-state index contributed by atoms with van der Waals surface area (Å²) in [6.07, 6.45) is -0.00139. The molecule has 0 heterocycles. The topological polar surface area (TPSA) is 74.8 Å². The van der Waals surface area contributed by atoms with Crippen molar-refractivity contribution in [1.82, 2.24) is 10.6 Å². The zero-order valence-electron chi connectivity index (χ0n) is 18.4. The number of benzene rings is 2. The van der Waals surface area contributed by atoms with E-state index in [2.05, 4.69) is 20.9 Å². The van der Waals surface area contributed by atoms with E-state index in [4.69, 9.17) is 4.74 Å². The number of nitrogens with zero attached hydrogens (tertiary/aromatic N) is 1. The number of aliphatic imine (C=N–C) groups is 1. The van der Waals surface area contributed by atoms with E-state index in [1.165, 1.54) is 0 Å². The maximum atomic E-state index is 11.8. The van der Waals surface area contributed by atoms with E-state index < -0.39 is 0 Å². The lowest BCUT2D eigenvalue weighted by atomic mass is 10.1. The third-order valence-corrected chi connectivity index (χ3v) is 4.41. The first-order chi connectivity index (χ1) is 13.9. The van der Waals surface area contributed by atoms with Gasteiger partial charge in [0.2, 0.25) is 5.91 Å². The fourth-order valence-electron chi connectivity index (χ4n) is 2.59. The Kier molecular flexibility index (Phi) is 11.2. The van der Waals surface area contributed by atoms with Gasteiger partial charge in [0.05, 0.1) is 6.54 Å². The molecule has 0 aliphatic carbocycles. The molecule has 0 aromatic heterocycles. The number of amides is 1. The molecule has 0 saturated heterocycles. The molecule has 1 amide bonds. The van der Waals surface area contributed by atoms with E-state index in [0.29, 0.717) is 19.0 Å². The lowest BCUT2D eigenvalue weighted by molar-refractivity contribution is -0.118. The molecule has 0 spiro atoms. The summed E-state index contributed by atoms with van der Waals surface area (Å²) in [7, 11) is 1.74. The van der Waals surface area contributed by atoms with Crippen LogP contribution in [0.2, 0.25) is 0 Å². The average Bonchev–Trinajstić information content (AvgIpc) is 2.71. The van der Waals surface area contributed by atoms with Gasteiger partial charge in [-0.3, -0.25) is 9.79 Å². The van der Waals surface area contributed by atoms with E-state index >= 15 is 0 Å². The van der Waals surface area contributed by atoms with Gasteiger partial charge < -0.3 is 20.7 Å². The van der Waals surface area contributed by atoms with E-state index in [-0.39, 0.29) is 41.9 Å². The molecule has 2 aromatic rings. The van der Waals surface area contributed by atoms with Gasteiger partial charge in [0.1, 0.15) is 11.9 Å². The van der Waals surface area contributed by atoms with E-state index in [0.717, 1.165) is 22.6 Å². The molecular weight excluding hydrogens is 491 g/mol. The van der Waals surface area contributed by atoms with Crippen molar-refractivity contribution in [1.29, 1.82) is 0 Å². The molecule has 0 fully saturated rings. The Bertz CT molecular complexity index is 822. The molecule has 164 valence electrons. The summed E-state index contributed by atoms with van der Waals surface area (Å²) in [4.78, 5) is 16.0. The SMILES string of the molecule is CN=C(NCc1ccc(NC(=O)C(C)C)cc1)NCC(C)Oc1ccccc1C.I. The first-order valence-electron chi connectivity index (χ1n) is 9.95. The van der Waals surface area contributed by atoms with Crippen molar-refractivity contribution in [3.05, 3.63) is 59.7 Å². The summed E-state index contributed by atoms with van der Waals surface area (Å²) in [5.74, 6) is 1.59. The molecule has 3 N–H and O–H groups in total. The van der Waals surface area contributed by atoms with Crippen LogP contribution in [0.1, 0.15) is 31.9 Å². The van der Waals surface area contributed by atoms with Crippen LogP contribution in [0.5, 0.6) is 5.75 Å². The lowest BCUT2D eigenvalue weighted by Crippen LogP contribution is -2.41. The molecular formula is C23H33IN4O2. The molecule has 30 heavy (non-hydrogen) atoms. The van der Waals surface area contributed by atoms with Crippen LogP contribution in [0.4, 0.5) is 5.69 Å². The minimum absolute atomic E-state index is 0. The smallest absolute Gasteiger partial charge is 0.226 e. The van der Waals surface area contributed by atoms with Crippen molar-refractivity contribution in [2.45, 2.75) is 40.3 Å². The fourth-order valence-corrected chi connectivity index (χ4v) is 2.59. The van der Waals surface area contributed by atoms with E-state index in [1.54, 1.807) is 7.05 Å². The number of rotatable bonds is 8. The van der Waals surface area contributed by atoms with Crippen LogP contribution in [0.15, 0.2) is 53.5 Å². The summed E-state index contributed by atoms with van der Waals surface area (Å²) in [6, 6.07) is 15.8. The van der Waals surface area contributed by atoms with Crippen LogP contribution in [-0.4, -0.2) is 31.6 Å². The van der Waals surface area contributed by atoms with Crippen molar-refractivity contribution >= 4 is 41.5 Å². The van der Waals surface area contributed by atoms with Crippen LogP contribution >= 0.6 is 24.0 Å². The maximum absolute atomic E-state index is 11.8. The Labute approximate surface area is 196 Å². The number of anilines is 1.